The minimum Gasteiger partial charge on any atom is -0.393 e. The number of pyridine rings is 1. The number of aliphatic hydroxyl groups is 1. The van der Waals surface area contributed by atoms with E-state index in [0.29, 0.717) is 26.7 Å². The average molecular weight is 769 g/mol. The molecule has 1 N–H and O–H groups in total. The number of anilines is 1. The highest BCUT2D eigenvalue weighted by atomic mass is 79.9. The van der Waals surface area contributed by atoms with Gasteiger partial charge in [0.05, 0.1) is 34.3 Å². The summed E-state index contributed by atoms with van der Waals surface area (Å²) in [4.78, 5) is 12.3. The zero-order valence-corrected chi connectivity index (χ0v) is 33.9. The second kappa shape index (κ2) is 16.3. The first kappa shape index (κ1) is 37.8. The van der Waals surface area contributed by atoms with Crippen molar-refractivity contribution in [2.75, 3.05) is 45.3 Å². The third-order valence-electron chi connectivity index (χ3n) is 9.53. The molecule has 0 bridgehead atoms. The highest BCUT2D eigenvalue weighted by molar-refractivity contribution is 9.10. The fraction of sp³-hybridized carbons (Fsp3) is 0.541. The molecule has 1 aliphatic carbocycles. The Morgan fingerprint density at radius 3 is 2.06 bits per heavy atom. The molecule has 12 heteroatoms. The predicted octanol–water partition coefficient (Wildman–Crippen LogP) is 8.69. The van der Waals surface area contributed by atoms with E-state index in [1.165, 1.54) is 0 Å². The minimum atomic E-state index is -1.27. The molecule has 0 saturated heterocycles. The van der Waals surface area contributed by atoms with Crippen LogP contribution in [0.1, 0.15) is 37.3 Å². The van der Waals surface area contributed by atoms with Crippen LogP contribution in [0.5, 0.6) is 0 Å². The fourth-order valence-electron chi connectivity index (χ4n) is 6.16. The van der Waals surface area contributed by atoms with Crippen LogP contribution in [0.4, 0.5) is 5.82 Å². The van der Waals surface area contributed by atoms with E-state index in [1.807, 2.05) is 35.1 Å². The van der Waals surface area contributed by atoms with Crippen LogP contribution in [-0.4, -0.2) is 86.8 Å². The summed E-state index contributed by atoms with van der Waals surface area (Å²) in [6.07, 6.45) is 7.03. The number of hydrogen-bond acceptors (Lipinski definition) is 8. The number of aliphatic hydroxyl groups excluding tert-OH is 1. The molecular formula is C37H54BrN5O4Si2. The molecular weight excluding hydrogens is 715 g/mol. The Bertz CT molecular complexity index is 1620. The first-order chi connectivity index (χ1) is 23.3. The van der Waals surface area contributed by atoms with Crippen LogP contribution in [0, 0.1) is 0 Å². The third-order valence-corrected chi connectivity index (χ3v) is 13.7. The molecule has 0 amide bonds. The highest BCUT2D eigenvalue weighted by Gasteiger charge is 2.37. The lowest BCUT2D eigenvalue weighted by molar-refractivity contribution is -0.0785. The van der Waals surface area contributed by atoms with Crippen molar-refractivity contribution in [1.82, 2.24) is 19.6 Å². The van der Waals surface area contributed by atoms with Gasteiger partial charge in [-0.2, -0.15) is 9.61 Å². The maximum atomic E-state index is 10.1. The molecule has 0 unspecified atom stereocenters. The van der Waals surface area contributed by atoms with E-state index in [1.54, 1.807) is 7.11 Å². The summed E-state index contributed by atoms with van der Waals surface area (Å²) < 4.78 is 21.4. The van der Waals surface area contributed by atoms with Crippen molar-refractivity contribution in [3.63, 3.8) is 0 Å². The smallest absolute Gasteiger partial charge is 0.165 e. The number of fused-ring (bicyclic) bond motifs is 1. The molecule has 0 atom stereocenters. The minimum absolute atomic E-state index is 0.0190. The molecule has 3 heterocycles. The van der Waals surface area contributed by atoms with Crippen LogP contribution in [0.25, 0.3) is 28.0 Å². The molecule has 1 saturated carbocycles. The number of ether oxygens (including phenoxy) is 3. The van der Waals surface area contributed by atoms with Crippen molar-refractivity contribution in [3.8, 4) is 22.4 Å². The number of benzene rings is 1. The van der Waals surface area contributed by atoms with Crippen LogP contribution in [-0.2, 0) is 14.2 Å². The first-order valence-corrected chi connectivity index (χ1v) is 25.7. The summed E-state index contributed by atoms with van der Waals surface area (Å²) in [5.41, 5.74) is 5.11. The largest absolute Gasteiger partial charge is 0.393 e. The van der Waals surface area contributed by atoms with Gasteiger partial charge in [0.1, 0.15) is 13.5 Å². The lowest BCUT2D eigenvalue weighted by atomic mass is 9.77. The first-order valence-electron chi connectivity index (χ1n) is 17.5. The second-order valence-electron chi connectivity index (χ2n) is 15.8. The van der Waals surface area contributed by atoms with Gasteiger partial charge >= 0.3 is 0 Å². The van der Waals surface area contributed by atoms with E-state index in [9.17, 15) is 5.11 Å². The van der Waals surface area contributed by atoms with Crippen LogP contribution in [0.2, 0.25) is 51.4 Å². The van der Waals surface area contributed by atoms with Gasteiger partial charge < -0.3 is 24.2 Å². The molecule has 49 heavy (non-hydrogen) atoms. The maximum absolute atomic E-state index is 10.1. The Kier molecular flexibility index (Phi) is 12.5. The topological polar surface area (TPSA) is 94.2 Å². The maximum Gasteiger partial charge on any atom is 0.165 e. The molecule has 1 fully saturated rings. The van der Waals surface area contributed by atoms with E-state index < -0.39 is 21.7 Å². The molecule has 0 radical (unpaired) electrons. The summed E-state index contributed by atoms with van der Waals surface area (Å²) >= 11 is 4.03. The van der Waals surface area contributed by atoms with Gasteiger partial charge in [-0.1, -0.05) is 75.7 Å². The van der Waals surface area contributed by atoms with Crippen molar-refractivity contribution < 1.29 is 19.3 Å². The van der Waals surface area contributed by atoms with E-state index in [4.69, 9.17) is 29.3 Å². The van der Waals surface area contributed by atoms with Gasteiger partial charge in [-0.3, -0.25) is 4.98 Å². The zero-order valence-electron chi connectivity index (χ0n) is 30.3. The van der Waals surface area contributed by atoms with E-state index >= 15 is 0 Å². The van der Waals surface area contributed by atoms with Crippen LogP contribution in [0.15, 0.2) is 59.3 Å². The van der Waals surface area contributed by atoms with E-state index in [0.717, 1.165) is 81.8 Å². The Morgan fingerprint density at radius 2 is 1.53 bits per heavy atom. The number of aromatic nitrogens is 4. The van der Waals surface area contributed by atoms with Crippen molar-refractivity contribution in [2.45, 2.75) is 88.6 Å². The molecule has 266 valence electrons. The number of methoxy groups -OCH3 is 1. The summed E-state index contributed by atoms with van der Waals surface area (Å²) in [7, 11) is -0.831. The number of halogens is 1. The predicted molar refractivity (Wildman–Crippen MR) is 208 cm³/mol. The molecule has 5 rings (SSSR count). The summed E-state index contributed by atoms with van der Waals surface area (Å²) in [6.45, 7) is 16.4. The third kappa shape index (κ3) is 9.66. The molecule has 9 nitrogen and oxygen atoms in total. The highest BCUT2D eigenvalue weighted by Crippen LogP contribution is 2.44. The fourth-order valence-corrected chi connectivity index (χ4v) is 8.51. The van der Waals surface area contributed by atoms with Crippen molar-refractivity contribution in [3.05, 3.63) is 65.0 Å². The zero-order chi connectivity index (χ0) is 35.2. The second-order valence-corrected chi connectivity index (χ2v) is 27.8. The van der Waals surface area contributed by atoms with Crippen LogP contribution in [0.3, 0.4) is 0 Å². The van der Waals surface area contributed by atoms with Crippen LogP contribution >= 0.6 is 15.9 Å². The number of hydrogen-bond donors (Lipinski definition) is 1. The molecule has 0 spiro atoms. The Morgan fingerprint density at radius 1 is 0.898 bits per heavy atom. The average Bonchev–Trinajstić information content (AvgIpc) is 3.50. The Labute approximate surface area is 302 Å². The van der Waals surface area contributed by atoms with Crippen molar-refractivity contribution >= 4 is 43.5 Å². The van der Waals surface area contributed by atoms with Gasteiger partial charge in [-0.05, 0) is 59.8 Å². The van der Waals surface area contributed by atoms with Gasteiger partial charge in [0.15, 0.2) is 11.5 Å². The quantitative estimate of drug-likeness (QED) is 0.0688. The summed E-state index contributed by atoms with van der Waals surface area (Å²) in [5, 5.41) is 15.1. The monoisotopic (exact) mass is 767 g/mol. The van der Waals surface area contributed by atoms with Gasteiger partial charge in [-0.15, -0.1) is 0 Å². The molecule has 1 aromatic carbocycles. The molecule has 1 aliphatic rings. The number of rotatable bonds is 16. The van der Waals surface area contributed by atoms with Gasteiger partial charge in [0.2, 0.25) is 0 Å². The number of nitrogens with zero attached hydrogens (tertiary/aromatic N) is 5. The van der Waals surface area contributed by atoms with Crippen molar-refractivity contribution in [2.24, 2.45) is 0 Å². The molecule has 3 aromatic heterocycles. The lowest BCUT2D eigenvalue weighted by Gasteiger charge is -2.38. The van der Waals surface area contributed by atoms with Gasteiger partial charge in [0, 0.05) is 65.3 Å². The van der Waals surface area contributed by atoms with Crippen LogP contribution < -0.4 is 4.90 Å². The summed E-state index contributed by atoms with van der Waals surface area (Å²) in [5.74, 6) is 1.05. The van der Waals surface area contributed by atoms with Gasteiger partial charge in [-0.25, -0.2) is 4.98 Å². The SMILES string of the molecule is COC1(CO)CCC(c2nc3c(-c4ccc(-c5ccccc5)nc4)cnn3c(N(COCC[Si](C)(C)C)COCC[Si](C)(C)C)c2Br)CC1. The normalized spacial score (nSPS) is 18.7. The van der Waals surface area contributed by atoms with E-state index in [2.05, 4.69) is 84.4 Å². The molecule has 0 aliphatic heterocycles. The van der Waals surface area contributed by atoms with Gasteiger partial charge in [0.25, 0.3) is 0 Å². The lowest BCUT2D eigenvalue weighted by Crippen LogP contribution is -2.39. The van der Waals surface area contributed by atoms with Crippen molar-refractivity contribution in [1.29, 1.82) is 0 Å². The summed E-state index contributed by atoms with van der Waals surface area (Å²) in [6, 6.07) is 16.5. The van der Waals surface area contributed by atoms with E-state index in [-0.39, 0.29) is 12.5 Å². The standard InChI is InChI=1S/C37H54BrN5O4Si2/c1-45-37(25-44)17-15-29(16-18-37)34-33(38)36(42(26-46-19-21-48(2,3)4)27-47-20-22-49(5,6)7)43-35(41-34)31(24-40-43)30-13-14-32(39-23-30)28-11-9-8-10-12-28/h8-14,23-24,29,44H,15-22,25-27H2,1-7H3. The Balaban J connectivity index is 1.56. The molecule has 4 aromatic rings. The Hall–Kier alpha value is -2.46.